The van der Waals surface area contributed by atoms with E-state index in [4.69, 9.17) is 0 Å². The second-order valence-corrected chi connectivity index (χ2v) is 5.40. The molecule has 0 bridgehead atoms. The molecule has 1 aliphatic rings. The van der Waals surface area contributed by atoms with Gasteiger partial charge >= 0.3 is 5.97 Å². The van der Waals surface area contributed by atoms with Crippen molar-refractivity contribution in [3.8, 4) is 0 Å². The number of anilines is 1. The third kappa shape index (κ3) is 2.47. The average Bonchev–Trinajstić information content (AvgIpc) is 2.32. The van der Waals surface area contributed by atoms with E-state index < -0.39 is 11.5 Å². The summed E-state index contributed by atoms with van der Waals surface area (Å²) in [6.45, 7) is 4.06. The van der Waals surface area contributed by atoms with E-state index in [1.54, 1.807) is 12.4 Å². The highest BCUT2D eigenvalue weighted by atomic mass is 16.4. The summed E-state index contributed by atoms with van der Waals surface area (Å²) >= 11 is 0. The minimum Gasteiger partial charge on any atom is -0.480 e. The summed E-state index contributed by atoms with van der Waals surface area (Å²) in [5, 5.41) is 12.8. The van der Waals surface area contributed by atoms with Crippen LogP contribution in [0.25, 0.3) is 0 Å². The summed E-state index contributed by atoms with van der Waals surface area (Å²) in [4.78, 5) is 15.7. The van der Waals surface area contributed by atoms with Crippen molar-refractivity contribution in [2.75, 3.05) is 5.32 Å². The van der Waals surface area contributed by atoms with Gasteiger partial charge in [0.25, 0.3) is 0 Å². The summed E-state index contributed by atoms with van der Waals surface area (Å²) in [5.74, 6) is -0.297. The van der Waals surface area contributed by atoms with E-state index in [1.165, 1.54) is 0 Å². The van der Waals surface area contributed by atoms with Gasteiger partial charge in [0, 0.05) is 18.1 Å². The topological polar surface area (TPSA) is 62.2 Å². The quantitative estimate of drug-likeness (QED) is 0.863. The van der Waals surface area contributed by atoms with Crippen molar-refractivity contribution in [3.05, 3.63) is 24.0 Å². The van der Waals surface area contributed by atoms with Gasteiger partial charge in [0.1, 0.15) is 5.54 Å². The minimum atomic E-state index is -0.816. The Labute approximate surface area is 107 Å². The molecule has 2 rings (SSSR count). The summed E-state index contributed by atoms with van der Waals surface area (Å²) in [7, 11) is 0. The normalized spacial score (nSPS) is 27.8. The Hall–Kier alpha value is -1.58. The molecule has 1 aliphatic carbocycles. The number of pyridine rings is 1. The van der Waals surface area contributed by atoms with Crippen molar-refractivity contribution >= 4 is 11.7 Å². The van der Waals surface area contributed by atoms with Crippen LogP contribution in [0.1, 0.15) is 38.2 Å². The molecule has 4 nitrogen and oxygen atoms in total. The first-order valence-electron chi connectivity index (χ1n) is 6.46. The molecular formula is C14H20N2O2. The highest BCUT2D eigenvalue weighted by Crippen LogP contribution is 2.35. The first-order chi connectivity index (χ1) is 8.53. The second kappa shape index (κ2) is 4.96. The van der Waals surface area contributed by atoms with Gasteiger partial charge in [-0.3, -0.25) is 4.98 Å². The zero-order valence-electron chi connectivity index (χ0n) is 10.9. The van der Waals surface area contributed by atoms with Crippen LogP contribution >= 0.6 is 0 Å². The monoisotopic (exact) mass is 248 g/mol. The molecule has 4 heteroatoms. The maximum Gasteiger partial charge on any atom is 0.329 e. The van der Waals surface area contributed by atoms with E-state index in [-0.39, 0.29) is 0 Å². The lowest BCUT2D eigenvalue weighted by molar-refractivity contribution is -0.144. The lowest BCUT2D eigenvalue weighted by Crippen LogP contribution is -2.49. The van der Waals surface area contributed by atoms with Crippen LogP contribution < -0.4 is 5.32 Å². The van der Waals surface area contributed by atoms with E-state index in [2.05, 4.69) is 17.2 Å². The van der Waals surface area contributed by atoms with Crippen LogP contribution in [0.5, 0.6) is 0 Å². The lowest BCUT2D eigenvalue weighted by atomic mass is 9.76. The van der Waals surface area contributed by atoms with E-state index in [0.29, 0.717) is 18.8 Å². The largest absolute Gasteiger partial charge is 0.480 e. The second-order valence-electron chi connectivity index (χ2n) is 5.40. The number of carboxylic acids is 1. The molecule has 0 aliphatic heterocycles. The maximum absolute atomic E-state index is 11.7. The number of aliphatic carboxylic acids is 1. The van der Waals surface area contributed by atoms with Gasteiger partial charge in [-0.05, 0) is 37.3 Å². The first-order valence-corrected chi connectivity index (χ1v) is 6.46. The molecule has 0 amide bonds. The number of hydrogen-bond donors (Lipinski definition) is 2. The van der Waals surface area contributed by atoms with Crippen LogP contribution in [0.3, 0.4) is 0 Å². The fraction of sp³-hybridized carbons (Fsp3) is 0.571. The molecule has 2 atom stereocenters. The zero-order chi connectivity index (χ0) is 13.2. The molecular weight excluding hydrogens is 228 g/mol. The Morgan fingerprint density at radius 1 is 1.61 bits per heavy atom. The van der Waals surface area contributed by atoms with Gasteiger partial charge in [-0.15, -0.1) is 0 Å². The highest BCUT2D eigenvalue weighted by Gasteiger charge is 2.42. The Morgan fingerprint density at radius 2 is 2.39 bits per heavy atom. The summed E-state index contributed by atoms with van der Waals surface area (Å²) in [6.07, 6.45) is 6.90. The van der Waals surface area contributed by atoms with Gasteiger partial charge in [0.15, 0.2) is 0 Å². The molecule has 0 aromatic carbocycles. The Kier molecular flexibility index (Phi) is 3.55. The number of hydrogen-bond acceptors (Lipinski definition) is 3. The van der Waals surface area contributed by atoms with Crippen LogP contribution in [-0.2, 0) is 4.79 Å². The molecule has 1 aromatic rings. The number of aromatic nitrogens is 1. The standard InChI is InChI=1S/C14H20N2O2/c1-10-4-3-6-14(8-10,13(17)18)16-12-5-7-15-9-11(12)2/h5,7,9-10H,3-4,6,8H2,1-2H3,(H,15,16)(H,17,18). The summed E-state index contributed by atoms with van der Waals surface area (Å²) < 4.78 is 0. The van der Waals surface area contributed by atoms with Gasteiger partial charge in [-0.25, -0.2) is 4.79 Å². The number of carbonyl (C=O) groups is 1. The smallest absolute Gasteiger partial charge is 0.329 e. The summed E-state index contributed by atoms with van der Waals surface area (Å²) in [6, 6.07) is 1.85. The molecule has 1 fully saturated rings. The molecule has 2 N–H and O–H groups in total. The van der Waals surface area contributed by atoms with Gasteiger partial charge in [0.05, 0.1) is 0 Å². The molecule has 0 spiro atoms. The van der Waals surface area contributed by atoms with E-state index in [9.17, 15) is 9.90 Å². The van der Waals surface area contributed by atoms with Gasteiger partial charge in [-0.1, -0.05) is 19.8 Å². The van der Waals surface area contributed by atoms with E-state index in [0.717, 1.165) is 24.1 Å². The molecule has 0 radical (unpaired) electrons. The van der Waals surface area contributed by atoms with Gasteiger partial charge < -0.3 is 10.4 Å². The fourth-order valence-corrected chi connectivity index (χ4v) is 2.78. The number of nitrogens with one attached hydrogen (secondary N) is 1. The Balaban J connectivity index is 2.26. The highest BCUT2D eigenvalue weighted by molar-refractivity contribution is 5.83. The van der Waals surface area contributed by atoms with Crippen LogP contribution in [0.15, 0.2) is 18.5 Å². The molecule has 98 valence electrons. The molecule has 0 saturated heterocycles. The molecule has 1 aromatic heterocycles. The van der Waals surface area contributed by atoms with Gasteiger partial charge in [0.2, 0.25) is 0 Å². The van der Waals surface area contributed by atoms with Crippen LogP contribution in [0, 0.1) is 12.8 Å². The molecule has 1 heterocycles. The van der Waals surface area contributed by atoms with Crippen molar-refractivity contribution in [1.82, 2.24) is 4.98 Å². The fourth-order valence-electron chi connectivity index (χ4n) is 2.78. The Morgan fingerprint density at radius 3 is 3.00 bits per heavy atom. The summed E-state index contributed by atoms with van der Waals surface area (Å²) in [5.41, 5.74) is 1.04. The predicted octanol–water partition coefficient (Wildman–Crippen LogP) is 2.84. The van der Waals surface area contributed by atoms with Crippen molar-refractivity contribution in [2.45, 2.75) is 45.1 Å². The molecule has 2 unspecified atom stereocenters. The minimum absolute atomic E-state index is 0.449. The molecule has 1 saturated carbocycles. The lowest BCUT2D eigenvalue weighted by Gasteiger charge is -2.38. The number of rotatable bonds is 3. The van der Waals surface area contributed by atoms with Crippen LogP contribution in [-0.4, -0.2) is 21.6 Å². The predicted molar refractivity (Wildman–Crippen MR) is 70.6 cm³/mol. The van der Waals surface area contributed by atoms with Crippen molar-refractivity contribution in [1.29, 1.82) is 0 Å². The SMILES string of the molecule is Cc1cnccc1NC1(C(=O)O)CCCC(C)C1. The first kappa shape index (κ1) is 12.9. The van der Waals surface area contributed by atoms with Crippen LogP contribution in [0.4, 0.5) is 5.69 Å². The van der Waals surface area contributed by atoms with E-state index in [1.807, 2.05) is 13.0 Å². The third-order valence-electron chi connectivity index (χ3n) is 3.80. The maximum atomic E-state index is 11.7. The zero-order valence-corrected chi connectivity index (χ0v) is 10.9. The van der Waals surface area contributed by atoms with Crippen LogP contribution in [0.2, 0.25) is 0 Å². The van der Waals surface area contributed by atoms with E-state index >= 15 is 0 Å². The van der Waals surface area contributed by atoms with Crippen molar-refractivity contribution in [3.63, 3.8) is 0 Å². The number of aryl methyl sites for hydroxylation is 1. The molecule has 18 heavy (non-hydrogen) atoms. The average molecular weight is 248 g/mol. The van der Waals surface area contributed by atoms with Crippen molar-refractivity contribution in [2.24, 2.45) is 5.92 Å². The van der Waals surface area contributed by atoms with Gasteiger partial charge in [-0.2, -0.15) is 0 Å². The number of nitrogens with zero attached hydrogens (tertiary/aromatic N) is 1. The third-order valence-corrected chi connectivity index (χ3v) is 3.80. The Bertz CT molecular complexity index is 447. The number of carboxylic acid groups (broad SMARTS) is 1. The van der Waals surface area contributed by atoms with Crippen molar-refractivity contribution < 1.29 is 9.90 Å².